The van der Waals surface area contributed by atoms with Gasteiger partial charge < -0.3 is 19.0 Å². The van der Waals surface area contributed by atoms with E-state index in [0.29, 0.717) is 13.2 Å². The van der Waals surface area contributed by atoms with E-state index in [0.717, 1.165) is 23.3 Å². The van der Waals surface area contributed by atoms with Gasteiger partial charge in [-0.3, -0.25) is 9.59 Å². The second-order valence-electron chi connectivity index (χ2n) is 8.23. The van der Waals surface area contributed by atoms with Crippen molar-refractivity contribution in [2.24, 2.45) is 0 Å². The highest BCUT2D eigenvalue weighted by molar-refractivity contribution is 7.10. The lowest BCUT2D eigenvalue weighted by atomic mass is 10.00. The van der Waals surface area contributed by atoms with Crippen molar-refractivity contribution in [2.45, 2.75) is 39.3 Å². The molecule has 2 aromatic heterocycles. The molecule has 0 bridgehead atoms. The SMILES string of the molecule is Cc1ccccc1OC[C@H]1c2ccsc2CCN1C(=O)CN(C(=O)c1ccco1)C(C)C. The van der Waals surface area contributed by atoms with E-state index >= 15 is 0 Å². The number of thiophene rings is 1. The normalized spacial score (nSPS) is 15.5. The molecular weight excluding hydrogens is 424 g/mol. The smallest absolute Gasteiger partial charge is 0.290 e. The van der Waals surface area contributed by atoms with E-state index in [9.17, 15) is 9.59 Å². The summed E-state index contributed by atoms with van der Waals surface area (Å²) in [5, 5.41) is 2.07. The number of fused-ring (bicyclic) bond motifs is 1. The molecule has 1 atom stereocenters. The van der Waals surface area contributed by atoms with Gasteiger partial charge in [0.25, 0.3) is 5.91 Å². The molecule has 6 nitrogen and oxygen atoms in total. The van der Waals surface area contributed by atoms with Gasteiger partial charge in [0.15, 0.2) is 5.76 Å². The molecule has 2 amide bonds. The van der Waals surface area contributed by atoms with Gasteiger partial charge in [0.05, 0.1) is 12.3 Å². The van der Waals surface area contributed by atoms with Crippen molar-refractivity contribution < 1.29 is 18.7 Å². The Morgan fingerprint density at radius 1 is 1.22 bits per heavy atom. The largest absolute Gasteiger partial charge is 0.491 e. The molecule has 0 fully saturated rings. The van der Waals surface area contributed by atoms with Crippen LogP contribution in [0.5, 0.6) is 5.75 Å². The summed E-state index contributed by atoms with van der Waals surface area (Å²) in [6.45, 7) is 6.79. The standard InChI is InChI=1S/C25H28N2O4S/c1-17(2)27(25(29)22-9-6-13-30-22)15-24(28)26-12-10-23-19(11-14-32-23)20(26)16-31-21-8-5-4-7-18(21)3/h4-9,11,13-14,17,20H,10,12,15-16H2,1-3H3/t20-/m0/s1. The fourth-order valence-corrected chi connectivity index (χ4v) is 4.96. The fourth-order valence-electron chi connectivity index (χ4n) is 4.03. The molecule has 3 heterocycles. The number of nitrogens with zero attached hydrogens (tertiary/aromatic N) is 2. The molecule has 1 aromatic carbocycles. The van der Waals surface area contributed by atoms with Crippen molar-refractivity contribution in [2.75, 3.05) is 19.7 Å². The van der Waals surface area contributed by atoms with Crippen molar-refractivity contribution in [1.82, 2.24) is 9.80 Å². The Hall–Kier alpha value is -3.06. The van der Waals surface area contributed by atoms with Gasteiger partial charge >= 0.3 is 0 Å². The predicted octanol–water partition coefficient (Wildman–Crippen LogP) is 4.71. The van der Waals surface area contributed by atoms with Gasteiger partial charge in [-0.05, 0) is 68.0 Å². The minimum Gasteiger partial charge on any atom is -0.491 e. The van der Waals surface area contributed by atoms with Crippen molar-refractivity contribution in [3.8, 4) is 5.75 Å². The molecule has 0 unspecified atom stereocenters. The number of amides is 2. The van der Waals surface area contributed by atoms with E-state index in [1.165, 1.54) is 11.1 Å². The monoisotopic (exact) mass is 452 g/mol. The molecular formula is C25H28N2O4S. The third-order valence-electron chi connectivity index (χ3n) is 5.83. The summed E-state index contributed by atoms with van der Waals surface area (Å²) in [7, 11) is 0. The van der Waals surface area contributed by atoms with E-state index in [4.69, 9.17) is 9.15 Å². The van der Waals surface area contributed by atoms with E-state index in [1.807, 2.05) is 49.9 Å². The Kier molecular flexibility index (Phi) is 6.65. The molecule has 7 heteroatoms. The summed E-state index contributed by atoms with van der Waals surface area (Å²) in [5.41, 5.74) is 2.19. The second kappa shape index (κ2) is 9.61. The summed E-state index contributed by atoms with van der Waals surface area (Å²) in [6, 6.07) is 12.9. The number of hydrogen-bond donors (Lipinski definition) is 0. The van der Waals surface area contributed by atoms with E-state index < -0.39 is 0 Å². The molecule has 3 aromatic rings. The number of para-hydroxylation sites is 1. The number of benzene rings is 1. The number of hydrogen-bond acceptors (Lipinski definition) is 5. The molecule has 1 aliphatic heterocycles. The first kappa shape index (κ1) is 22.1. The van der Waals surface area contributed by atoms with Crippen LogP contribution >= 0.6 is 11.3 Å². The fraction of sp³-hybridized carbons (Fsp3) is 0.360. The number of carbonyl (C=O) groups excluding carboxylic acids is 2. The van der Waals surface area contributed by atoms with Gasteiger partial charge in [0, 0.05) is 17.5 Å². The quantitative estimate of drug-likeness (QED) is 0.521. The molecule has 0 aliphatic carbocycles. The maximum Gasteiger partial charge on any atom is 0.290 e. The average Bonchev–Trinajstić information content (AvgIpc) is 3.48. The highest BCUT2D eigenvalue weighted by Crippen LogP contribution is 2.34. The first-order valence-corrected chi connectivity index (χ1v) is 11.7. The molecule has 0 spiro atoms. The highest BCUT2D eigenvalue weighted by Gasteiger charge is 2.34. The Bertz CT molecular complexity index is 1070. The van der Waals surface area contributed by atoms with Crippen LogP contribution in [0.2, 0.25) is 0 Å². The molecule has 168 valence electrons. The maximum absolute atomic E-state index is 13.5. The molecule has 0 saturated heterocycles. The highest BCUT2D eigenvalue weighted by atomic mass is 32.1. The van der Waals surface area contributed by atoms with Gasteiger partial charge in [0.1, 0.15) is 18.9 Å². The average molecular weight is 453 g/mol. The predicted molar refractivity (Wildman–Crippen MR) is 124 cm³/mol. The van der Waals surface area contributed by atoms with Crippen molar-refractivity contribution >= 4 is 23.2 Å². The third-order valence-corrected chi connectivity index (χ3v) is 6.82. The van der Waals surface area contributed by atoms with E-state index in [-0.39, 0.29) is 36.2 Å². The minimum atomic E-state index is -0.278. The van der Waals surface area contributed by atoms with Crippen molar-refractivity contribution in [3.05, 3.63) is 75.9 Å². The zero-order valence-corrected chi connectivity index (χ0v) is 19.4. The molecule has 0 N–H and O–H groups in total. The van der Waals surface area contributed by atoms with Gasteiger partial charge in [0.2, 0.25) is 5.91 Å². The number of ether oxygens (including phenoxy) is 1. The van der Waals surface area contributed by atoms with E-state index in [2.05, 4.69) is 11.4 Å². The first-order valence-electron chi connectivity index (χ1n) is 10.8. The molecule has 1 aliphatic rings. The summed E-state index contributed by atoms with van der Waals surface area (Å²) in [4.78, 5) is 31.1. The lowest BCUT2D eigenvalue weighted by molar-refractivity contribution is -0.136. The van der Waals surface area contributed by atoms with Gasteiger partial charge in [-0.15, -0.1) is 11.3 Å². The molecule has 4 rings (SSSR count). The lowest BCUT2D eigenvalue weighted by Crippen LogP contribution is -2.49. The van der Waals surface area contributed by atoms with Gasteiger partial charge in [-0.1, -0.05) is 18.2 Å². The van der Waals surface area contributed by atoms with Crippen LogP contribution in [-0.2, 0) is 11.2 Å². The Labute approximate surface area is 192 Å². The minimum absolute atomic E-state index is 0.00245. The van der Waals surface area contributed by atoms with E-state index in [1.54, 1.807) is 28.4 Å². The third kappa shape index (κ3) is 4.58. The first-order chi connectivity index (χ1) is 15.5. The molecule has 32 heavy (non-hydrogen) atoms. The number of carbonyl (C=O) groups is 2. The van der Waals surface area contributed by atoms with Crippen molar-refractivity contribution in [1.29, 1.82) is 0 Å². The van der Waals surface area contributed by atoms with Crippen LogP contribution in [-0.4, -0.2) is 47.4 Å². The lowest BCUT2D eigenvalue weighted by Gasteiger charge is -2.37. The molecule has 0 radical (unpaired) electrons. The zero-order valence-electron chi connectivity index (χ0n) is 18.6. The molecule has 0 saturated carbocycles. The summed E-state index contributed by atoms with van der Waals surface area (Å²) < 4.78 is 11.4. The van der Waals surface area contributed by atoms with Gasteiger partial charge in [-0.2, -0.15) is 0 Å². The summed E-state index contributed by atoms with van der Waals surface area (Å²) in [6.07, 6.45) is 2.28. The number of rotatable bonds is 7. The van der Waals surface area contributed by atoms with Gasteiger partial charge in [-0.25, -0.2) is 0 Å². The van der Waals surface area contributed by atoms with Crippen LogP contribution in [0.3, 0.4) is 0 Å². The summed E-state index contributed by atoms with van der Waals surface area (Å²) in [5.74, 6) is 0.692. The topological polar surface area (TPSA) is 63.0 Å². The van der Waals surface area contributed by atoms with Crippen LogP contribution in [0, 0.1) is 6.92 Å². The van der Waals surface area contributed by atoms with Crippen LogP contribution in [0.25, 0.3) is 0 Å². The Morgan fingerprint density at radius 2 is 2.03 bits per heavy atom. The van der Waals surface area contributed by atoms with Crippen molar-refractivity contribution in [3.63, 3.8) is 0 Å². The number of furan rings is 1. The Balaban J connectivity index is 1.53. The summed E-state index contributed by atoms with van der Waals surface area (Å²) >= 11 is 1.72. The van der Waals surface area contributed by atoms with Crippen LogP contribution in [0.15, 0.2) is 58.5 Å². The second-order valence-corrected chi connectivity index (χ2v) is 9.23. The number of aryl methyl sites for hydroxylation is 1. The van der Waals surface area contributed by atoms with Crippen LogP contribution in [0.4, 0.5) is 0 Å². The maximum atomic E-state index is 13.5. The zero-order chi connectivity index (χ0) is 22.7. The Morgan fingerprint density at radius 3 is 2.75 bits per heavy atom. The van der Waals surface area contributed by atoms with Crippen LogP contribution < -0.4 is 4.74 Å². The van der Waals surface area contributed by atoms with Crippen LogP contribution in [0.1, 0.15) is 46.4 Å².